The van der Waals surface area contributed by atoms with E-state index in [2.05, 4.69) is 22.2 Å². The maximum Gasteiger partial charge on any atom is 0.265 e. The summed E-state index contributed by atoms with van der Waals surface area (Å²) in [6.07, 6.45) is 1.94. The van der Waals surface area contributed by atoms with E-state index in [0.29, 0.717) is 27.1 Å². The van der Waals surface area contributed by atoms with Gasteiger partial charge in [-0.2, -0.15) is 0 Å². The molecule has 32 heavy (non-hydrogen) atoms. The maximum absolute atomic E-state index is 12.7. The molecule has 1 aliphatic rings. The summed E-state index contributed by atoms with van der Waals surface area (Å²) >= 11 is 2.73. The zero-order valence-electron chi connectivity index (χ0n) is 17.9. The van der Waals surface area contributed by atoms with E-state index in [1.54, 1.807) is 24.3 Å². The van der Waals surface area contributed by atoms with Gasteiger partial charge in [0, 0.05) is 17.9 Å². The molecule has 0 fully saturated rings. The zero-order chi connectivity index (χ0) is 22.8. The smallest absolute Gasteiger partial charge is 0.265 e. The molecule has 0 aliphatic carbocycles. The molecule has 0 atom stereocenters. The van der Waals surface area contributed by atoms with Crippen molar-refractivity contribution >= 4 is 51.1 Å². The highest BCUT2D eigenvalue weighted by Crippen LogP contribution is 2.36. The van der Waals surface area contributed by atoms with Crippen molar-refractivity contribution in [2.24, 2.45) is 0 Å². The molecule has 0 unspecified atom stereocenters. The number of carbonyl (C=O) groups excluding carboxylic acids is 3. The molecule has 1 N–H and O–H groups in total. The molecule has 166 valence electrons. The number of hydrogen-bond acceptors (Lipinski definition) is 8. The van der Waals surface area contributed by atoms with Crippen molar-refractivity contribution in [2.45, 2.75) is 33.6 Å². The number of nitrogens with zero attached hydrogens (tertiary/aromatic N) is 3. The van der Waals surface area contributed by atoms with Crippen molar-refractivity contribution < 1.29 is 19.1 Å². The quantitative estimate of drug-likeness (QED) is 0.522. The molecule has 3 aromatic rings. The highest BCUT2D eigenvalue weighted by atomic mass is 32.1. The van der Waals surface area contributed by atoms with Gasteiger partial charge in [-0.3, -0.25) is 19.3 Å². The van der Waals surface area contributed by atoms with Gasteiger partial charge in [-0.1, -0.05) is 18.3 Å². The third-order valence-corrected chi connectivity index (χ3v) is 6.96. The fraction of sp³-hybridized carbons (Fsp3) is 0.318. The van der Waals surface area contributed by atoms with Crippen LogP contribution in [0.4, 0.5) is 10.8 Å². The summed E-state index contributed by atoms with van der Waals surface area (Å²) in [6.45, 7) is 4.96. The van der Waals surface area contributed by atoms with Gasteiger partial charge in [0.2, 0.25) is 5.91 Å². The van der Waals surface area contributed by atoms with Crippen LogP contribution in [0.2, 0.25) is 0 Å². The predicted octanol–water partition coefficient (Wildman–Crippen LogP) is 4.09. The number of fused-ring (bicyclic) bond motifs is 1. The van der Waals surface area contributed by atoms with E-state index >= 15 is 0 Å². The fourth-order valence-electron chi connectivity index (χ4n) is 3.39. The van der Waals surface area contributed by atoms with Gasteiger partial charge in [-0.15, -0.1) is 11.3 Å². The van der Waals surface area contributed by atoms with Gasteiger partial charge in [-0.25, -0.2) is 9.97 Å². The van der Waals surface area contributed by atoms with E-state index in [1.165, 1.54) is 11.8 Å². The Hall–Kier alpha value is -3.11. The second-order valence-electron chi connectivity index (χ2n) is 7.37. The van der Waals surface area contributed by atoms with Crippen LogP contribution in [0.1, 0.15) is 40.6 Å². The van der Waals surface area contributed by atoms with Gasteiger partial charge >= 0.3 is 0 Å². The first-order valence-electron chi connectivity index (χ1n) is 10.2. The van der Waals surface area contributed by atoms with E-state index in [9.17, 15) is 14.4 Å². The highest BCUT2D eigenvalue weighted by Gasteiger charge is 2.28. The Bertz CT molecular complexity index is 1200. The number of ketones is 1. The summed E-state index contributed by atoms with van der Waals surface area (Å²) in [5.74, 6) is -0.280. The Morgan fingerprint density at radius 2 is 2.09 bits per heavy atom. The Balaban J connectivity index is 1.55. The second-order valence-corrected chi connectivity index (χ2v) is 9.31. The van der Waals surface area contributed by atoms with Gasteiger partial charge in [0.05, 0.1) is 27.0 Å². The number of anilines is 2. The van der Waals surface area contributed by atoms with Gasteiger partial charge in [0.25, 0.3) is 5.91 Å². The number of aromatic nitrogens is 2. The van der Waals surface area contributed by atoms with Crippen LogP contribution in [0.5, 0.6) is 5.75 Å². The lowest BCUT2D eigenvalue weighted by Gasteiger charge is -2.29. The number of rotatable bonds is 7. The number of nitrogens with one attached hydrogen (secondary N) is 1. The molecule has 1 aliphatic heterocycles. The number of Topliss-reactive ketones (excluding diaryl/α,β-unsaturated/α-hetero) is 1. The van der Waals surface area contributed by atoms with Crippen LogP contribution in [-0.2, 0) is 16.0 Å². The first-order chi connectivity index (χ1) is 15.4. The Kier molecular flexibility index (Phi) is 6.33. The summed E-state index contributed by atoms with van der Waals surface area (Å²) in [6, 6.07) is 5.52. The standard InChI is InChI=1S/C22H22N4O4S2/c1-4-5-19-24-15(11-31-19)14-6-7-17-16(8-14)26(20(29)10-30-17)9-18(28)25-22-23-12(2)21(32-22)13(3)27/h6-8,11H,4-5,9-10H2,1-3H3,(H,23,25,28). The van der Waals surface area contributed by atoms with Gasteiger partial charge in [0.15, 0.2) is 17.5 Å². The Morgan fingerprint density at radius 3 is 2.81 bits per heavy atom. The summed E-state index contributed by atoms with van der Waals surface area (Å²) in [7, 11) is 0. The lowest BCUT2D eigenvalue weighted by molar-refractivity contribution is -0.123. The van der Waals surface area contributed by atoms with E-state index in [0.717, 1.165) is 40.4 Å². The molecule has 3 heterocycles. The monoisotopic (exact) mass is 470 g/mol. The predicted molar refractivity (Wildman–Crippen MR) is 125 cm³/mol. The molecule has 2 amide bonds. The van der Waals surface area contributed by atoms with Crippen LogP contribution in [0.3, 0.4) is 0 Å². The summed E-state index contributed by atoms with van der Waals surface area (Å²) in [5.41, 5.74) is 2.78. The second kappa shape index (κ2) is 9.17. The minimum Gasteiger partial charge on any atom is -0.482 e. The molecule has 0 radical (unpaired) electrons. The topological polar surface area (TPSA) is 101 Å². The molecule has 1 aromatic carbocycles. The van der Waals surface area contributed by atoms with Crippen molar-refractivity contribution in [2.75, 3.05) is 23.4 Å². The SMILES string of the molecule is CCCc1nc(-c2ccc3c(c2)N(CC(=O)Nc2nc(C)c(C(C)=O)s2)C(=O)CO3)cs1. The summed E-state index contributed by atoms with van der Waals surface area (Å²) < 4.78 is 5.56. The number of hydrogen-bond donors (Lipinski definition) is 1. The summed E-state index contributed by atoms with van der Waals surface area (Å²) in [5, 5.41) is 6.08. The lowest BCUT2D eigenvalue weighted by atomic mass is 10.1. The van der Waals surface area contributed by atoms with E-state index in [1.807, 2.05) is 17.5 Å². The van der Waals surface area contributed by atoms with Crippen LogP contribution < -0.4 is 15.0 Å². The average molecular weight is 471 g/mol. The van der Waals surface area contributed by atoms with E-state index < -0.39 is 5.91 Å². The minimum absolute atomic E-state index is 0.102. The van der Waals surface area contributed by atoms with Gasteiger partial charge < -0.3 is 10.1 Å². The van der Waals surface area contributed by atoms with Crippen molar-refractivity contribution in [1.82, 2.24) is 9.97 Å². The highest BCUT2D eigenvalue weighted by molar-refractivity contribution is 7.17. The Morgan fingerprint density at radius 1 is 1.28 bits per heavy atom. The fourth-order valence-corrected chi connectivity index (χ4v) is 5.17. The van der Waals surface area contributed by atoms with Crippen molar-refractivity contribution in [3.8, 4) is 17.0 Å². The first kappa shape index (κ1) is 22.1. The van der Waals surface area contributed by atoms with Crippen molar-refractivity contribution in [3.05, 3.63) is 39.2 Å². The Labute approximate surface area is 193 Å². The van der Waals surface area contributed by atoms with Gasteiger partial charge in [-0.05, 0) is 38.0 Å². The van der Waals surface area contributed by atoms with Crippen LogP contribution in [0.25, 0.3) is 11.3 Å². The first-order valence-corrected chi connectivity index (χ1v) is 11.9. The van der Waals surface area contributed by atoms with Crippen LogP contribution >= 0.6 is 22.7 Å². The van der Waals surface area contributed by atoms with Crippen LogP contribution in [0, 0.1) is 6.92 Å². The molecule has 4 rings (SSSR count). The number of thiazole rings is 2. The van der Waals surface area contributed by atoms with Crippen molar-refractivity contribution in [3.63, 3.8) is 0 Å². The number of amides is 2. The van der Waals surface area contributed by atoms with E-state index in [4.69, 9.17) is 4.74 Å². The molecule has 0 spiro atoms. The van der Waals surface area contributed by atoms with Crippen LogP contribution in [0.15, 0.2) is 23.6 Å². The molecule has 10 heteroatoms. The number of carbonyl (C=O) groups is 3. The molecule has 2 aromatic heterocycles. The van der Waals surface area contributed by atoms with Crippen LogP contribution in [-0.4, -0.2) is 40.7 Å². The third kappa shape index (κ3) is 4.56. The minimum atomic E-state index is -0.403. The molecule has 0 bridgehead atoms. The lowest BCUT2D eigenvalue weighted by Crippen LogP contribution is -2.43. The van der Waals surface area contributed by atoms with Gasteiger partial charge in [0.1, 0.15) is 12.3 Å². The number of aryl methyl sites for hydroxylation is 2. The molecule has 8 nitrogen and oxygen atoms in total. The normalized spacial score (nSPS) is 13.0. The molecular formula is C22H22N4O4S2. The number of benzene rings is 1. The number of ether oxygens (including phenoxy) is 1. The molecular weight excluding hydrogens is 448 g/mol. The third-order valence-electron chi connectivity index (χ3n) is 4.88. The molecule has 0 saturated heterocycles. The molecule has 0 saturated carbocycles. The average Bonchev–Trinajstić information content (AvgIpc) is 3.36. The largest absolute Gasteiger partial charge is 0.482 e. The van der Waals surface area contributed by atoms with Crippen molar-refractivity contribution in [1.29, 1.82) is 0 Å². The van der Waals surface area contributed by atoms with E-state index in [-0.39, 0.29) is 24.8 Å². The summed E-state index contributed by atoms with van der Waals surface area (Å²) in [4.78, 5) is 47.7. The maximum atomic E-state index is 12.7. The zero-order valence-corrected chi connectivity index (χ0v) is 19.6.